The largest absolute Gasteiger partial charge is 0.389 e. The predicted molar refractivity (Wildman–Crippen MR) is 70.9 cm³/mol. The molecule has 88 valence electrons. The summed E-state index contributed by atoms with van der Waals surface area (Å²) < 4.78 is 0. The molecule has 0 aliphatic rings. The third-order valence-corrected chi connectivity index (χ3v) is 3.49. The quantitative estimate of drug-likeness (QED) is 0.838. The van der Waals surface area contributed by atoms with E-state index in [0.717, 1.165) is 16.3 Å². The average molecular weight is 245 g/mol. The van der Waals surface area contributed by atoms with Gasteiger partial charge in [-0.15, -0.1) is 11.8 Å². The highest BCUT2D eigenvalue weighted by atomic mass is 32.2. The molecule has 1 heterocycles. The first kappa shape index (κ1) is 12.1. The zero-order chi connectivity index (χ0) is 12.1. The third kappa shape index (κ3) is 3.58. The summed E-state index contributed by atoms with van der Waals surface area (Å²) in [5.41, 5.74) is 2.15. The molecule has 2 aromatic rings. The SMILES string of the molecule is C[C@H](O)c1ccc(SCc2ccccc2)nc1. The summed E-state index contributed by atoms with van der Waals surface area (Å²) in [6.07, 6.45) is 1.29. The zero-order valence-corrected chi connectivity index (χ0v) is 10.5. The Morgan fingerprint density at radius 2 is 1.94 bits per heavy atom. The van der Waals surface area contributed by atoms with Crippen LogP contribution in [-0.2, 0) is 5.75 Å². The summed E-state index contributed by atoms with van der Waals surface area (Å²) >= 11 is 1.70. The van der Waals surface area contributed by atoms with E-state index in [1.54, 1.807) is 24.9 Å². The van der Waals surface area contributed by atoms with Crippen LogP contribution in [0.5, 0.6) is 0 Å². The molecule has 1 aromatic carbocycles. The first-order valence-electron chi connectivity index (χ1n) is 5.56. The van der Waals surface area contributed by atoms with Gasteiger partial charge in [0.25, 0.3) is 0 Å². The van der Waals surface area contributed by atoms with E-state index in [4.69, 9.17) is 0 Å². The molecular formula is C14H15NOS. The van der Waals surface area contributed by atoms with Crippen molar-refractivity contribution in [3.63, 3.8) is 0 Å². The summed E-state index contributed by atoms with van der Waals surface area (Å²) in [4.78, 5) is 4.32. The Bertz CT molecular complexity index is 453. The molecule has 0 spiro atoms. The number of rotatable bonds is 4. The Balaban J connectivity index is 1.96. The maximum absolute atomic E-state index is 9.38. The van der Waals surface area contributed by atoms with Crippen molar-refractivity contribution in [2.45, 2.75) is 23.8 Å². The number of hydrogen-bond acceptors (Lipinski definition) is 3. The van der Waals surface area contributed by atoms with Gasteiger partial charge in [0, 0.05) is 11.9 Å². The number of hydrogen-bond donors (Lipinski definition) is 1. The number of aromatic nitrogens is 1. The topological polar surface area (TPSA) is 33.1 Å². The maximum Gasteiger partial charge on any atom is 0.0963 e. The van der Waals surface area contributed by atoms with Crippen molar-refractivity contribution in [1.82, 2.24) is 4.98 Å². The van der Waals surface area contributed by atoms with Crippen LogP contribution in [0, 0.1) is 0 Å². The maximum atomic E-state index is 9.38. The lowest BCUT2D eigenvalue weighted by Gasteiger charge is -2.05. The first-order valence-corrected chi connectivity index (χ1v) is 6.55. The second-order valence-electron chi connectivity index (χ2n) is 3.88. The standard InChI is InChI=1S/C14H15NOS/c1-11(16)13-7-8-14(15-9-13)17-10-12-5-3-2-4-6-12/h2-9,11,16H,10H2,1H3/t11-/m0/s1. The van der Waals surface area contributed by atoms with Crippen molar-refractivity contribution in [3.05, 3.63) is 59.8 Å². The van der Waals surface area contributed by atoms with Gasteiger partial charge >= 0.3 is 0 Å². The zero-order valence-electron chi connectivity index (χ0n) is 9.71. The van der Waals surface area contributed by atoms with E-state index < -0.39 is 6.10 Å². The molecule has 0 bridgehead atoms. The second kappa shape index (κ2) is 5.84. The molecule has 2 rings (SSSR count). The Labute approximate surface area is 106 Å². The van der Waals surface area contributed by atoms with Crippen LogP contribution in [-0.4, -0.2) is 10.1 Å². The molecule has 0 saturated carbocycles. The fourth-order valence-electron chi connectivity index (χ4n) is 1.46. The van der Waals surface area contributed by atoms with Gasteiger partial charge in [-0.25, -0.2) is 4.98 Å². The van der Waals surface area contributed by atoms with Crippen LogP contribution in [0.1, 0.15) is 24.2 Å². The highest BCUT2D eigenvalue weighted by Gasteiger charge is 2.02. The summed E-state index contributed by atoms with van der Waals surface area (Å²) in [5.74, 6) is 0.919. The van der Waals surface area contributed by atoms with Gasteiger partial charge in [0.1, 0.15) is 0 Å². The first-order chi connectivity index (χ1) is 8.25. The number of thioether (sulfide) groups is 1. The van der Waals surface area contributed by atoms with Gasteiger partial charge in [-0.2, -0.15) is 0 Å². The number of aliphatic hydroxyl groups excluding tert-OH is 1. The van der Waals surface area contributed by atoms with Crippen LogP contribution >= 0.6 is 11.8 Å². The van der Waals surface area contributed by atoms with E-state index in [1.807, 2.05) is 30.3 Å². The fourth-order valence-corrected chi connectivity index (χ4v) is 2.25. The Morgan fingerprint density at radius 3 is 2.53 bits per heavy atom. The van der Waals surface area contributed by atoms with Crippen molar-refractivity contribution < 1.29 is 5.11 Å². The van der Waals surface area contributed by atoms with Crippen molar-refractivity contribution in [2.75, 3.05) is 0 Å². The molecule has 0 unspecified atom stereocenters. The molecule has 0 saturated heterocycles. The predicted octanol–water partition coefficient (Wildman–Crippen LogP) is 3.43. The van der Waals surface area contributed by atoms with E-state index >= 15 is 0 Å². The van der Waals surface area contributed by atoms with Gasteiger partial charge in [0.15, 0.2) is 0 Å². The lowest BCUT2D eigenvalue weighted by Crippen LogP contribution is -1.92. The van der Waals surface area contributed by atoms with Gasteiger partial charge in [0.2, 0.25) is 0 Å². The van der Waals surface area contributed by atoms with Gasteiger partial charge in [0.05, 0.1) is 11.1 Å². The summed E-state index contributed by atoms with van der Waals surface area (Å²) in [6, 6.07) is 14.2. The van der Waals surface area contributed by atoms with Gasteiger partial charge in [-0.05, 0) is 24.1 Å². The van der Waals surface area contributed by atoms with Gasteiger partial charge < -0.3 is 5.11 Å². The normalized spacial score (nSPS) is 12.4. The van der Waals surface area contributed by atoms with E-state index in [0.29, 0.717) is 0 Å². The lowest BCUT2D eigenvalue weighted by atomic mass is 10.2. The van der Waals surface area contributed by atoms with Crippen molar-refractivity contribution in [3.8, 4) is 0 Å². The molecule has 1 aromatic heterocycles. The lowest BCUT2D eigenvalue weighted by molar-refractivity contribution is 0.198. The van der Waals surface area contributed by atoms with Crippen molar-refractivity contribution in [2.24, 2.45) is 0 Å². The molecule has 0 fully saturated rings. The van der Waals surface area contributed by atoms with Gasteiger partial charge in [-0.1, -0.05) is 36.4 Å². The summed E-state index contributed by atoms with van der Waals surface area (Å²) in [6.45, 7) is 1.74. The third-order valence-electron chi connectivity index (χ3n) is 2.47. The smallest absolute Gasteiger partial charge is 0.0963 e. The highest BCUT2D eigenvalue weighted by molar-refractivity contribution is 7.98. The van der Waals surface area contributed by atoms with Crippen LogP contribution in [0.3, 0.4) is 0 Å². The summed E-state index contributed by atoms with van der Waals surface area (Å²) in [7, 11) is 0. The molecule has 0 aliphatic carbocycles. The van der Waals surface area contributed by atoms with Crippen LogP contribution < -0.4 is 0 Å². The fraction of sp³-hybridized carbons (Fsp3) is 0.214. The Kier molecular flexibility index (Phi) is 4.18. The van der Waals surface area contributed by atoms with Gasteiger partial charge in [-0.3, -0.25) is 0 Å². The van der Waals surface area contributed by atoms with Crippen LogP contribution in [0.25, 0.3) is 0 Å². The number of aliphatic hydroxyl groups is 1. The molecular weight excluding hydrogens is 230 g/mol. The van der Waals surface area contributed by atoms with Crippen LogP contribution in [0.15, 0.2) is 53.7 Å². The van der Waals surface area contributed by atoms with Crippen molar-refractivity contribution in [1.29, 1.82) is 0 Å². The molecule has 17 heavy (non-hydrogen) atoms. The Hall–Kier alpha value is -1.32. The molecule has 1 atom stereocenters. The monoisotopic (exact) mass is 245 g/mol. The van der Waals surface area contributed by atoms with Crippen LogP contribution in [0.4, 0.5) is 0 Å². The number of benzene rings is 1. The van der Waals surface area contributed by atoms with E-state index in [1.165, 1.54) is 5.56 Å². The van der Waals surface area contributed by atoms with Crippen molar-refractivity contribution >= 4 is 11.8 Å². The molecule has 0 amide bonds. The van der Waals surface area contributed by atoms with E-state index in [2.05, 4.69) is 17.1 Å². The minimum Gasteiger partial charge on any atom is -0.389 e. The molecule has 2 nitrogen and oxygen atoms in total. The number of pyridine rings is 1. The number of nitrogens with zero attached hydrogens (tertiary/aromatic N) is 1. The van der Waals surface area contributed by atoms with E-state index in [-0.39, 0.29) is 0 Å². The Morgan fingerprint density at radius 1 is 1.18 bits per heavy atom. The molecule has 0 aliphatic heterocycles. The minimum absolute atomic E-state index is 0.448. The summed E-state index contributed by atoms with van der Waals surface area (Å²) in [5, 5.41) is 10.4. The van der Waals surface area contributed by atoms with E-state index in [9.17, 15) is 5.11 Å². The molecule has 3 heteroatoms. The average Bonchev–Trinajstić information content (AvgIpc) is 2.38. The second-order valence-corrected chi connectivity index (χ2v) is 4.88. The minimum atomic E-state index is -0.448. The molecule has 0 radical (unpaired) electrons. The highest BCUT2D eigenvalue weighted by Crippen LogP contribution is 2.21. The molecule has 1 N–H and O–H groups in total. The van der Waals surface area contributed by atoms with Crippen LogP contribution in [0.2, 0.25) is 0 Å².